The molecule has 0 aromatic heterocycles. The van der Waals surface area contributed by atoms with Crippen LogP contribution in [0.3, 0.4) is 0 Å². The van der Waals surface area contributed by atoms with Crippen molar-refractivity contribution in [3.63, 3.8) is 0 Å². The first kappa shape index (κ1) is 15.3. The van der Waals surface area contributed by atoms with E-state index in [9.17, 15) is 4.79 Å². The number of hydrogen-bond acceptors (Lipinski definition) is 2. The van der Waals surface area contributed by atoms with E-state index in [2.05, 4.69) is 6.92 Å². The van der Waals surface area contributed by atoms with Gasteiger partial charge < -0.3 is 4.74 Å². The molecule has 2 rings (SSSR count). The molecule has 0 saturated heterocycles. The first-order valence-corrected chi connectivity index (χ1v) is 7.59. The van der Waals surface area contributed by atoms with Gasteiger partial charge in [0.2, 0.25) is 0 Å². The average Bonchev–Trinajstić information content (AvgIpc) is 2.55. The van der Waals surface area contributed by atoms with Gasteiger partial charge in [0.15, 0.2) is 5.78 Å². The van der Waals surface area contributed by atoms with Gasteiger partial charge in [-0.3, -0.25) is 4.79 Å². The van der Waals surface area contributed by atoms with E-state index in [0.717, 1.165) is 37.2 Å². The highest BCUT2D eigenvalue weighted by molar-refractivity contribution is 5.96. The van der Waals surface area contributed by atoms with E-state index in [-0.39, 0.29) is 5.78 Å². The van der Waals surface area contributed by atoms with Gasteiger partial charge in [0, 0.05) is 12.0 Å². The number of benzene rings is 2. The molecule has 2 nitrogen and oxygen atoms in total. The number of ketones is 1. The summed E-state index contributed by atoms with van der Waals surface area (Å²) in [5.74, 6) is 1.10. The quantitative estimate of drug-likeness (QED) is 0.519. The molecule has 0 spiro atoms. The van der Waals surface area contributed by atoms with Gasteiger partial charge in [0.05, 0.1) is 6.61 Å². The molecule has 0 heterocycles. The number of hydrogen-bond donors (Lipinski definition) is 0. The second-order valence-electron chi connectivity index (χ2n) is 5.14. The van der Waals surface area contributed by atoms with Crippen LogP contribution >= 0.6 is 0 Å². The van der Waals surface area contributed by atoms with Crippen LogP contribution in [0.25, 0.3) is 0 Å². The average molecular weight is 282 g/mol. The first-order valence-electron chi connectivity index (χ1n) is 7.59. The van der Waals surface area contributed by atoms with Crippen molar-refractivity contribution < 1.29 is 9.53 Å². The Hall–Kier alpha value is -2.09. The molecule has 0 unspecified atom stereocenters. The van der Waals surface area contributed by atoms with Crippen LogP contribution in [0.5, 0.6) is 5.75 Å². The molecule has 0 fully saturated rings. The fraction of sp³-hybridized carbons (Fsp3) is 0.316. The molecule has 0 radical (unpaired) electrons. The van der Waals surface area contributed by atoms with Crippen LogP contribution in [0, 0.1) is 0 Å². The lowest BCUT2D eigenvalue weighted by molar-refractivity contribution is 0.0983. The van der Waals surface area contributed by atoms with Gasteiger partial charge >= 0.3 is 0 Å². The number of carbonyl (C=O) groups is 1. The molecule has 2 aromatic carbocycles. The van der Waals surface area contributed by atoms with E-state index < -0.39 is 0 Å². The smallest absolute Gasteiger partial charge is 0.163 e. The molecule has 0 aliphatic heterocycles. The SMILES string of the molecule is CCCCOc1ccc(CCC(=O)c2ccccc2)cc1. The van der Waals surface area contributed by atoms with E-state index >= 15 is 0 Å². The maximum Gasteiger partial charge on any atom is 0.163 e. The van der Waals surface area contributed by atoms with Crippen molar-refractivity contribution in [1.82, 2.24) is 0 Å². The van der Waals surface area contributed by atoms with Crippen LogP contribution in [-0.4, -0.2) is 12.4 Å². The summed E-state index contributed by atoms with van der Waals surface area (Å²) in [7, 11) is 0. The number of rotatable bonds is 8. The summed E-state index contributed by atoms with van der Waals surface area (Å²) in [5.41, 5.74) is 1.96. The molecule has 110 valence electrons. The molecule has 0 atom stereocenters. The third-order valence-corrected chi connectivity index (χ3v) is 3.43. The van der Waals surface area contributed by atoms with Gasteiger partial charge in [-0.1, -0.05) is 55.8 Å². The topological polar surface area (TPSA) is 26.3 Å². The Morgan fingerprint density at radius 3 is 2.38 bits per heavy atom. The van der Waals surface area contributed by atoms with Gasteiger partial charge in [-0.2, -0.15) is 0 Å². The third-order valence-electron chi connectivity index (χ3n) is 3.43. The predicted molar refractivity (Wildman–Crippen MR) is 85.9 cm³/mol. The van der Waals surface area contributed by atoms with Crippen LogP contribution < -0.4 is 4.74 Å². The van der Waals surface area contributed by atoms with Crippen LogP contribution in [0.4, 0.5) is 0 Å². The molecule has 0 amide bonds. The molecule has 0 N–H and O–H groups in total. The van der Waals surface area contributed by atoms with Crippen LogP contribution in [0.15, 0.2) is 54.6 Å². The van der Waals surface area contributed by atoms with E-state index in [0.29, 0.717) is 6.42 Å². The Morgan fingerprint density at radius 1 is 1.00 bits per heavy atom. The first-order chi connectivity index (χ1) is 10.3. The summed E-state index contributed by atoms with van der Waals surface area (Å²) in [6.07, 6.45) is 3.52. The van der Waals surface area contributed by atoms with Crippen LogP contribution in [0.1, 0.15) is 42.1 Å². The van der Waals surface area contributed by atoms with E-state index in [1.54, 1.807) is 0 Å². The standard InChI is InChI=1S/C19H22O2/c1-2-3-15-21-18-12-9-16(10-13-18)11-14-19(20)17-7-5-4-6-8-17/h4-10,12-13H,2-3,11,14-15H2,1H3. The van der Waals surface area contributed by atoms with E-state index in [4.69, 9.17) is 4.74 Å². The highest BCUT2D eigenvalue weighted by atomic mass is 16.5. The van der Waals surface area contributed by atoms with Gasteiger partial charge in [-0.05, 0) is 30.5 Å². The lowest BCUT2D eigenvalue weighted by atomic mass is 10.0. The molecular weight excluding hydrogens is 260 g/mol. The summed E-state index contributed by atoms with van der Waals surface area (Å²) in [6, 6.07) is 17.5. The van der Waals surface area contributed by atoms with Crippen molar-refractivity contribution in [3.8, 4) is 5.75 Å². The van der Waals surface area contributed by atoms with Crippen molar-refractivity contribution >= 4 is 5.78 Å². The zero-order valence-electron chi connectivity index (χ0n) is 12.5. The fourth-order valence-corrected chi connectivity index (χ4v) is 2.11. The number of ether oxygens (including phenoxy) is 1. The number of aryl methyl sites for hydroxylation is 1. The molecule has 0 bridgehead atoms. The number of carbonyl (C=O) groups excluding carboxylic acids is 1. The molecule has 2 aromatic rings. The Bertz CT molecular complexity index is 544. The minimum atomic E-state index is 0.193. The third kappa shape index (κ3) is 5.07. The summed E-state index contributed by atoms with van der Waals surface area (Å²) < 4.78 is 5.63. The highest BCUT2D eigenvalue weighted by Gasteiger charge is 2.05. The zero-order chi connectivity index (χ0) is 14.9. The van der Waals surface area contributed by atoms with Crippen molar-refractivity contribution in [2.75, 3.05) is 6.61 Å². The minimum absolute atomic E-state index is 0.193. The van der Waals surface area contributed by atoms with Crippen molar-refractivity contribution in [3.05, 3.63) is 65.7 Å². The molecule has 0 aliphatic rings. The normalized spacial score (nSPS) is 10.3. The van der Waals surface area contributed by atoms with Crippen molar-refractivity contribution in [2.24, 2.45) is 0 Å². The Morgan fingerprint density at radius 2 is 1.71 bits per heavy atom. The Kier molecular flexibility index (Phi) is 6.01. The second-order valence-corrected chi connectivity index (χ2v) is 5.14. The van der Waals surface area contributed by atoms with Gasteiger partial charge in [-0.15, -0.1) is 0 Å². The van der Waals surface area contributed by atoms with Crippen molar-refractivity contribution in [2.45, 2.75) is 32.6 Å². The molecule has 21 heavy (non-hydrogen) atoms. The predicted octanol–water partition coefficient (Wildman–Crippen LogP) is 4.68. The largest absolute Gasteiger partial charge is 0.494 e. The fourth-order valence-electron chi connectivity index (χ4n) is 2.11. The lowest BCUT2D eigenvalue weighted by Crippen LogP contribution is -2.01. The number of Topliss-reactive ketones (excluding diaryl/α,β-unsaturated/α-hetero) is 1. The monoisotopic (exact) mass is 282 g/mol. The minimum Gasteiger partial charge on any atom is -0.494 e. The van der Waals surface area contributed by atoms with Gasteiger partial charge in [-0.25, -0.2) is 0 Å². The maximum atomic E-state index is 12.0. The lowest BCUT2D eigenvalue weighted by Gasteiger charge is -2.06. The van der Waals surface area contributed by atoms with Gasteiger partial charge in [0.25, 0.3) is 0 Å². The summed E-state index contributed by atoms with van der Waals surface area (Å²) >= 11 is 0. The summed E-state index contributed by atoms with van der Waals surface area (Å²) in [4.78, 5) is 12.0. The van der Waals surface area contributed by atoms with Gasteiger partial charge in [0.1, 0.15) is 5.75 Å². The van der Waals surface area contributed by atoms with E-state index in [1.807, 2.05) is 54.6 Å². The number of unbranched alkanes of at least 4 members (excludes halogenated alkanes) is 1. The summed E-state index contributed by atoms with van der Waals surface area (Å²) in [6.45, 7) is 2.92. The Balaban J connectivity index is 1.82. The molecule has 0 saturated carbocycles. The van der Waals surface area contributed by atoms with Crippen LogP contribution in [0.2, 0.25) is 0 Å². The maximum absolute atomic E-state index is 12.0. The molecular formula is C19H22O2. The Labute approximate surface area is 126 Å². The zero-order valence-corrected chi connectivity index (χ0v) is 12.5. The second kappa shape index (κ2) is 8.25. The highest BCUT2D eigenvalue weighted by Crippen LogP contribution is 2.15. The summed E-state index contributed by atoms with van der Waals surface area (Å²) in [5, 5.41) is 0. The van der Waals surface area contributed by atoms with Crippen molar-refractivity contribution in [1.29, 1.82) is 0 Å². The molecule has 0 aliphatic carbocycles. The molecule has 2 heteroatoms. The van der Waals surface area contributed by atoms with E-state index in [1.165, 1.54) is 5.56 Å². The van der Waals surface area contributed by atoms with Crippen LogP contribution in [-0.2, 0) is 6.42 Å².